The molecule has 194 valence electrons. The van der Waals surface area contributed by atoms with Crippen molar-refractivity contribution < 1.29 is 37.9 Å². The molecule has 0 aliphatic rings. The Labute approximate surface area is 201 Å². The molecule has 0 aromatic heterocycles. The molecule has 0 bridgehead atoms. The summed E-state index contributed by atoms with van der Waals surface area (Å²) >= 11 is 0. The molecule has 0 aliphatic carbocycles. The molecule has 0 spiro atoms. The fraction of sp³-hybridized carbons (Fsp3) is 1.00. The quantitative estimate of drug-likeness (QED) is 0.141. The van der Waals surface area contributed by atoms with Gasteiger partial charge in [-0.2, -0.15) is 0 Å². The minimum Gasteiger partial charge on any atom is -0.353 e. The SMILES string of the molecule is CCCCCOC([SiH3])(OC)C(OC)(OC)C(N)C(OC)(OC)C([SiH3])(OC)OCCCCC. The van der Waals surface area contributed by atoms with Crippen LogP contribution < -0.4 is 5.73 Å². The molecule has 0 rings (SSSR count). The second-order valence-corrected chi connectivity index (χ2v) is 10.7. The zero-order chi connectivity index (χ0) is 24.9. The highest BCUT2D eigenvalue weighted by Crippen LogP contribution is 2.42. The van der Waals surface area contributed by atoms with Crippen molar-refractivity contribution in [2.45, 2.75) is 80.8 Å². The van der Waals surface area contributed by atoms with Crippen LogP contribution >= 0.6 is 0 Å². The van der Waals surface area contributed by atoms with Crippen LogP contribution in [0.4, 0.5) is 0 Å². The predicted octanol–water partition coefficient (Wildman–Crippen LogP) is 0.0367. The Morgan fingerprint density at radius 1 is 0.594 bits per heavy atom. The lowest BCUT2D eigenvalue weighted by atomic mass is 9.95. The van der Waals surface area contributed by atoms with Gasteiger partial charge in [0, 0.05) is 55.9 Å². The molecule has 0 saturated heterocycles. The van der Waals surface area contributed by atoms with Gasteiger partial charge in [-0.25, -0.2) is 0 Å². The highest BCUT2D eigenvalue weighted by atomic mass is 28.2. The molecule has 11 heteroatoms. The number of hydrogen-bond acceptors (Lipinski definition) is 9. The first-order valence-corrected chi connectivity index (χ1v) is 13.5. The zero-order valence-corrected chi connectivity index (χ0v) is 26.1. The van der Waals surface area contributed by atoms with Gasteiger partial charge >= 0.3 is 0 Å². The van der Waals surface area contributed by atoms with Gasteiger partial charge in [-0.15, -0.1) is 0 Å². The van der Waals surface area contributed by atoms with Crippen LogP contribution in [0.5, 0.6) is 0 Å². The van der Waals surface area contributed by atoms with Crippen molar-refractivity contribution in [3.8, 4) is 0 Å². The molecular weight excluding hydrogens is 450 g/mol. The Balaban J connectivity index is 6.30. The molecule has 2 N–H and O–H groups in total. The van der Waals surface area contributed by atoms with E-state index in [1.54, 1.807) is 14.2 Å². The standard InChI is InChI=1S/C21H49NO8Si2/c1-9-11-13-15-29-20(31,27-7)18(23-3,24-4)17(22)19(25-5,26-6)21(32,28-8)30-16-14-12-10-2/h17H,9-16,22H2,1-8,31-32H3. The summed E-state index contributed by atoms with van der Waals surface area (Å²) in [6.07, 6.45) is 5.99. The van der Waals surface area contributed by atoms with Crippen molar-refractivity contribution in [1.82, 2.24) is 0 Å². The monoisotopic (exact) mass is 499 g/mol. The molecular formula is C21H49NO8Si2. The summed E-state index contributed by atoms with van der Waals surface area (Å²) in [5, 5.41) is 0. The molecule has 0 aromatic carbocycles. The third-order valence-corrected chi connectivity index (χ3v) is 9.12. The molecule has 9 nitrogen and oxygen atoms in total. The zero-order valence-electron chi connectivity index (χ0n) is 22.1. The summed E-state index contributed by atoms with van der Waals surface area (Å²) < 4.78 is 47.9. The summed E-state index contributed by atoms with van der Waals surface area (Å²) in [6, 6.07) is -1.06. The lowest BCUT2D eigenvalue weighted by molar-refractivity contribution is -0.426. The van der Waals surface area contributed by atoms with Crippen LogP contribution in [0.1, 0.15) is 52.4 Å². The van der Waals surface area contributed by atoms with Gasteiger partial charge in [0.2, 0.25) is 11.6 Å². The van der Waals surface area contributed by atoms with Gasteiger partial charge in [0.15, 0.2) is 10.8 Å². The van der Waals surface area contributed by atoms with Crippen molar-refractivity contribution in [3.63, 3.8) is 0 Å². The largest absolute Gasteiger partial charge is 0.353 e. The minimum atomic E-state index is -1.56. The number of methoxy groups -OCH3 is 6. The first-order valence-electron chi connectivity index (χ1n) is 11.5. The molecule has 2 unspecified atom stereocenters. The normalized spacial score (nSPS) is 17.9. The summed E-state index contributed by atoms with van der Waals surface area (Å²) in [7, 11) is 9.90. The first kappa shape index (κ1) is 32.1. The Hall–Kier alpha value is 0.0738. The number of nitrogens with two attached hydrogens (primary N) is 1. The number of hydrogen-bond donors (Lipinski definition) is 1. The first-order chi connectivity index (χ1) is 15.1. The van der Waals surface area contributed by atoms with Gasteiger partial charge in [-0.1, -0.05) is 39.5 Å². The van der Waals surface area contributed by atoms with E-state index in [1.807, 2.05) is 0 Å². The highest BCUT2D eigenvalue weighted by Gasteiger charge is 2.68. The molecule has 0 fully saturated rings. The van der Waals surface area contributed by atoms with Crippen LogP contribution in [0.15, 0.2) is 0 Å². The van der Waals surface area contributed by atoms with Crippen LogP contribution in [0.3, 0.4) is 0 Å². The number of unbranched alkanes of at least 4 members (excludes halogenated alkanes) is 4. The van der Waals surface area contributed by atoms with Crippen molar-refractivity contribution >= 4 is 20.5 Å². The average Bonchev–Trinajstić information content (AvgIpc) is 2.81. The lowest BCUT2D eigenvalue weighted by Gasteiger charge is -2.55. The maximum absolute atomic E-state index is 6.88. The number of ether oxygens (including phenoxy) is 8. The van der Waals surface area contributed by atoms with E-state index < -0.39 is 28.4 Å². The molecule has 0 heterocycles. The smallest absolute Gasteiger partial charge is 0.239 e. The van der Waals surface area contributed by atoms with E-state index in [0.717, 1.165) is 38.5 Å². The number of rotatable bonds is 20. The third kappa shape index (κ3) is 6.60. The van der Waals surface area contributed by atoms with Crippen LogP contribution in [-0.4, -0.2) is 105 Å². The van der Waals surface area contributed by atoms with E-state index in [2.05, 4.69) is 13.8 Å². The molecule has 2 atom stereocenters. The summed E-state index contributed by atoms with van der Waals surface area (Å²) in [5.74, 6) is -3.12. The Bertz CT molecular complexity index is 454. The van der Waals surface area contributed by atoms with Gasteiger partial charge < -0.3 is 43.6 Å². The van der Waals surface area contributed by atoms with Gasteiger partial charge in [-0.3, -0.25) is 0 Å². The molecule has 32 heavy (non-hydrogen) atoms. The predicted molar refractivity (Wildman–Crippen MR) is 132 cm³/mol. The maximum Gasteiger partial charge on any atom is 0.239 e. The molecule has 0 saturated carbocycles. The van der Waals surface area contributed by atoms with E-state index in [9.17, 15) is 0 Å². The van der Waals surface area contributed by atoms with Crippen molar-refractivity contribution in [2.75, 3.05) is 55.9 Å². The lowest BCUT2D eigenvalue weighted by Crippen LogP contribution is -2.80. The van der Waals surface area contributed by atoms with E-state index in [0.29, 0.717) is 33.7 Å². The maximum atomic E-state index is 6.88. The topological polar surface area (TPSA) is 99.9 Å². The van der Waals surface area contributed by atoms with Crippen LogP contribution in [0.25, 0.3) is 0 Å². The Morgan fingerprint density at radius 3 is 1.12 bits per heavy atom. The van der Waals surface area contributed by atoms with E-state index in [4.69, 9.17) is 43.6 Å². The van der Waals surface area contributed by atoms with Crippen LogP contribution in [0.2, 0.25) is 0 Å². The Morgan fingerprint density at radius 2 is 0.906 bits per heavy atom. The fourth-order valence-corrected chi connectivity index (χ4v) is 5.92. The summed E-state index contributed by atoms with van der Waals surface area (Å²) in [6.45, 7) is 5.22. The third-order valence-electron chi connectivity index (χ3n) is 6.33. The van der Waals surface area contributed by atoms with Gasteiger partial charge in [0.1, 0.15) is 6.04 Å². The molecule has 0 aromatic rings. The van der Waals surface area contributed by atoms with E-state index >= 15 is 0 Å². The van der Waals surface area contributed by atoms with Crippen LogP contribution in [-0.2, 0) is 37.9 Å². The van der Waals surface area contributed by atoms with Gasteiger partial charge in [-0.05, 0) is 12.8 Å². The van der Waals surface area contributed by atoms with E-state index in [-0.39, 0.29) is 0 Å². The van der Waals surface area contributed by atoms with Gasteiger partial charge in [0.05, 0.1) is 20.5 Å². The van der Waals surface area contributed by atoms with Crippen molar-refractivity contribution in [1.29, 1.82) is 0 Å². The summed E-state index contributed by atoms with van der Waals surface area (Å²) in [5.41, 5.74) is 4.39. The molecule has 0 amide bonds. The van der Waals surface area contributed by atoms with Gasteiger partial charge in [0.25, 0.3) is 0 Å². The van der Waals surface area contributed by atoms with E-state index in [1.165, 1.54) is 28.4 Å². The van der Waals surface area contributed by atoms with Crippen LogP contribution in [0, 0.1) is 0 Å². The summed E-state index contributed by atoms with van der Waals surface area (Å²) in [4.78, 5) is 0. The second-order valence-electron chi connectivity index (χ2n) is 8.04. The Kier molecular flexibility index (Phi) is 15.2. The molecule has 0 aliphatic heterocycles. The molecule has 0 radical (unpaired) electrons. The van der Waals surface area contributed by atoms with Crippen molar-refractivity contribution in [3.05, 3.63) is 0 Å². The van der Waals surface area contributed by atoms with Crippen molar-refractivity contribution in [2.24, 2.45) is 5.73 Å². The highest BCUT2D eigenvalue weighted by molar-refractivity contribution is 6.15. The average molecular weight is 500 g/mol. The fourth-order valence-electron chi connectivity index (χ4n) is 4.07. The minimum absolute atomic E-state index is 0.387. The second kappa shape index (κ2) is 15.1.